The summed E-state index contributed by atoms with van der Waals surface area (Å²) in [5.41, 5.74) is 6.80. The molecular weight excluding hydrogens is 342 g/mol. The molecule has 1 aliphatic heterocycles. The van der Waals surface area contributed by atoms with Crippen LogP contribution in [0.3, 0.4) is 0 Å². The number of carboxylic acids is 2. The monoisotopic (exact) mass is 355 g/mol. The lowest BCUT2D eigenvalue weighted by molar-refractivity contribution is -0.133. The van der Waals surface area contributed by atoms with Crippen LogP contribution >= 0.6 is 11.3 Å². The Morgan fingerprint density at radius 1 is 1.28 bits per heavy atom. The van der Waals surface area contributed by atoms with Crippen molar-refractivity contribution < 1.29 is 19.8 Å². The molecule has 0 aliphatic carbocycles. The van der Waals surface area contributed by atoms with Crippen molar-refractivity contribution in [2.24, 2.45) is 5.73 Å². The Morgan fingerprint density at radius 2 is 1.96 bits per heavy atom. The molecule has 2 heterocycles. The number of dihydropyridines is 1. The molecule has 1 aromatic heterocycles. The van der Waals surface area contributed by atoms with Crippen LogP contribution in [0.15, 0.2) is 46.2 Å². The molecule has 5 N–H and O–H groups in total. The Kier molecular flexibility index (Phi) is 3.94. The zero-order valence-corrected chi connectivity index (χ0v) is 13.8. The fraction of sp³-hybridized carbons (Fsp3) is 0.118. The van der Waals surface area contributed by atoms with Gasteiger partial charge in [0.25, 0.3) is 0 Å². The average Bonchev–Trinajstić information content (AvgIpc) is 2.96. The van der Waals surface area contributed by atoms with Crippen molar-refractivity contribution in [3.8, 4) is 6.07 Å². The van der Waals surface area contributed by atoms with Gasteiger partial charge in [-0.15, -0.1) is 11.3 Å². The molecule has 25 heavy (non-hydrogen) atoms. The molecule has 7 nitrogen and oxygen atoms in total. The van der Waals surface area contributed by atoms with E-state index in [0.29, 0.717) is 21.2 Å². The Hall–Kier alpha value is -3.31. The highest BCUT2D eigenvalue weighted by atomic mass is 32.1. The van der Waals surface area contributed by atoms with E-state index in [4.69, 9.17) is 5.73 Å². The summed E-state index contributed by atoms with van der Waals surface area (Å²) in [6.07, 6.45) is 0. The lowest BCUT2D eigenvalue weighted by atomic mass is 9.81. The van der Waals surface area contributed by atoms with E-state index < -0.39 is 17.9 Å². The molecule has 0 spiro atoms. The first-order valence-electron chi connectivity index (χ1n) is 7.21. The van der Waals surface area contributed by atoms with Crippen molar-refractivity contribution in [3.05, 3.63) is 57.4 Å². The van der Waals surface area contributed by atoms with Crippen LogP contribution in [-0.2, 0) is 9.59 Å². The van der Waals surface area contributed by atoms with Gasteiger partial charge in [0.15, 0.2) is 0 Å². The minimum Gasteiger partial charge on any atom is -0.478 e. The van der Waals surface area contributed by atoms with Gasteiger partial charge in [0.2, 0.25) is 0 Å². The van der Waals surface area contributed by atoms with E-state index in [1.807, 2.05) is 0 Å². The fourth-order valence-electron chi connectivity index (χ4n) is 3.08. The van der Waals surface area contributed by atoms with Crippen LogP contribution in [0, 0.1) is 11.3 Å². The van der Waals surface area contributed by atoms with Gasteiger partial charge in [0, 0.05) is 5.70 Å². The van der Waals surface area contributed by atoms with Gasteiger partial charge in [-0.1, -0.05) is 12.1 Å². The second kappa shape index (κ2) is 5.96. The van der Waals surface area contributed by atoms with E-state index >= 15 is 0 Å². The third-order valence-corrected chi connectivity index (χ3v) is 5.16. The molecule has 0 bridgehead atoms. The van der Waals surface area contributed by atoms with Crippen molar-refractivity contribution in [1.82, 2.24) is 5.32 Å². The number of carboxylic acid groups (broad SMARTS) is 2. The zero-order chi connectivity index (χ0) is 18.3. The van der Waals surface area contributed by atoms with Crippen LogP contribution in [0.4, 0.5) is 0 Å². The number of hydrogen-bond donors (Lipinski definition) is 4. The second-order valence-corrected chi connectivity index (χ2v) is 6.40. The summed E-state index contributed by atoms with van der Waals surface area (Å²) in [7, 11) is 0. The van der Waals surface area contributed by atoms with E-state index in [1.54, 1.807) is 23.6 Å². The van der Waals surface area contributed by atoms with E-state index in [9.17, 15) is 25.1 Å². The Morgan fingerprint density at radius 3 is 2.56 bits per heavy atom. The van der Waals surface area contributed by atoms with E-state index in [2.05, 4.69) is 11.4 Å². The van der Waals surface area contributed by atoms with E-state index in [-0.39, 0.29) is 22.7 Å². The van der Waals surface area contributed by atoms with Gasteiger partial charge in [-0.05, 0) is 29.3 Å². The molecule has 0 saturated carbocycles. The Labute approximate surface area is 146 Å². The number of thiophene rings is 1. The summed E-state index contributed by atoms with van der Waals surface area (Å²) in [6, 6.07) is 7.18. The number of nitrogens with zero attached hydrogens (tertiary/aromatic N) is 1. The predicted molar refractivity (Wildman–Crippen MR) is 91.6 cm³/mol. The second-order valence-electron chi connectivity index (χ2n) is 5.52. The van der Waals surface area contributed by atoms with E-state index in [0.717, 1.165) is 0 Å². The van der Waals surface area contributed by atoms with Crippen LogP contribution in [-0.4, -0.2) is 22.2 Å². The van der Waals surface area contributed by atoms with Crippen LogP contribution in [0.5, 0.6) is 0 Å². The fourth-order valence-corrected chi connectivity index (χ4v) is 4.14. The minimum atomic E-state index is -1.29. The molecule has 1 atom stereocenters. The number of nitriles is 1. The van der Waals surface area contributed by atoms with Crippen LogP contribution in [0.25, 0.3) is 10.1 Å². The van der Waals surface area contributed by atoms with Crippen LogP contribution in [0.2, 0.25) is 0 Å². The standard InChI is InChI=1S/C17H13N3O4S/c1-7-11(16(21)22)12(13(17(23)24)15(19)20-7)10-6-25-14-8(5-18)3-2-4-9(10)14/h2-4,6,12,20H,19H2,1H3,(H,21,22)(H,23,24). The quantitative estimate of drug-likeness (QED) is 0.661. The lowest BCUT2D eigenvalue weighted by Crippen LogP contribution is -2.35. The third kappa shape index (κ3) is 2.51. The van der Waals surface area contributed by atoms with Crippen molar-refractivity contribution >= 4 is 33.4 Å². The number of hydrogen-bond acceptors (Lipinski definition) is 6. The number of benzene rings is 1. The van der Waals surface area contributed by atoms with Gasteiger partial charge in [-0.3, -0.25) is 0 Å². The maximum Gasteiger partial charge on any atom is 0.336 e. The summed E-state index contributed by atoms with van der Waals surface area (Å²) >= 11 is 1.27. The number of nitrogens with two attached hydrogens (primary N) is 1. The Bertz CT molecular complexity index is 990. The Balaban J connectivity index is 2.34. The summed E-state index contributed by atoms with van der Waals surface area (Å²) in [5.74, 6) is -3.64. The molecule has 1 aromatic carbocycles. The molecule has 0 saturated heterocycles. The topological polar surface area (TPSA) is 136 Å². The number of aliphatic carboxylic acids is 2. The highest BCUT2D eigenvalue weighted by Gasteiger charge is 2.38. The van der Waals surface area contributed by atoms with Crippen molar-refractivity contribution in [2.75, 3.05) is 0 Å². The van der Waals surface area contributed by atoms with Gasteiger partial charge >= 0.3 is 11.9 Å². The number of allylic oxidation sites excluding steroid dienone is 1. The maximum absolute atomic E-state index is 11.8. The van der Waals surface area contributed by atoms with Crippen LogP contribution in [0.1, 0.15) is 24.0 Å². The smallest absolute Gasteiger partial charge is 0.336 e. The maximum atomic E-state index is 11.8. The van der Waals surface area contributed by atoms with Gasteiger partial charge < -0.3 is 21.3 Å². The minimum absolute atomic E-state index is 0.0753. The van der Waals surface area contributed by atoms with Crippen molar-refractivity contribution in [2.45, 2.75) is 12.8 Å². The normalized spacial score (nSPS) is 17.4. The number of carbonyl (C=O) groups is 2. The molecule has 0 amide bonds. The van der Waals surface area contributed by atoms with Gasteiger partial charge in [-0.2, -0.15) is 5.26 Å². The summed E-state index contributed by atoms with van der Waals surface area (Å²) in [6.45, 7) is 1.54. The molecular formula is C17H13N3O4S. The first kappa shape index (κ1) is 16.5. The highest BCUT2D eigenvalue weighted by molar-refractivity contribution is 7.17. The molecule has 1 aliphatic rings. The molecule has 3 rings (SSSR count). The molecule has 1 unspecified atom stereocenters. The summed E-state index contributed by atoms with van der Waals surface area (Å²) in [5, 5.41) is 33.4. The molecule has 126 valence electrons. The molecule has 2 aromatic rings. The zero-order valence-electron chi connectivity index (χ0n) is 13.0. The number of fused-ring (bicyclic) bond motifs is 1. The molecule has 8 heteroatoms. The van der Waals surface area contributed by atoms with E-state index in [1.165, 1.54) is 18.3 Å². The van der Waals surface area contributed by atoms with Crippen LogP contribution < -0.4 is 11.1 Å². The van der Waals surface area contributed by atoms with Gasteiger partial charge in [0.1, 0.15) is 11.9 Å². The van der Waals surface area contributed by atoms with Gasteiger partial charge in [-0.25, -0.2) is 9.59 Å². The lowest BCUT2D eigenvalue weighted by Gasteiger charge is -2.27. The number of rotatable bonds is 3. The third-order valence-electron chi connectivity index (χ3n) is 4.12. The first-order valence-corrected chi connectivity index (χ1v) is 8.09. The molecule has 0 fully saturated rings. The summed E-state index contributed by atoms with van der Waals surface area (Å²) in [4.78, 5) is 23.6. The first-order chi connectivity index (χ1) is 11.9. The average molecular weight is 355 g/mol. The molecule has 0 radical (unpaired) electrons. The largest absolute Gasteiger partial charge is 0.478 e. The highest BCUT2D eigenvalue weighted by Crippen LogP contribution is 2.43. The number of nitrogens with one attached hydrogen (secondary N) is 1. The summed E-state index contributed by atoms with van der Waals surface area (Å²) < 4.78 is 0.684. The van der Waals surface area contributed by atoms with Crippen molar-refractivity contribution in [1.29, 1.82) is 5.26 Å². The van der Waals surface area contributed by atoms with Gasteiger partial charge in [0.05, 0.1) is 27.3 Å². The van der Waals surface area contributed by atoms with Crippen molar-refractivity contribution in [3.63, 3.8) is 0 Å². The predicted octanol–water partition coefficient (Wildman–Crippen LogP) is 2.07. The SMILES string of the molecule is CC1=C(C(=O)O)C(c2csc3c(C#N)cccc23)C(C(=O)O)=C(N)N1.